The SMILES string of the molecule is CC(N)(c1ccc(Cl)cc1F)c1ccccc1Br. The molecule has 18 heavy (non-hydrogen) atoms. The van der Waals surface area contributed by atoms with Crippen molar-refractivity contribution in [3.05, 3.63) is 68.9 Å². The fourth-order valence-electron chi connectivity index (χ4n) is 1.94. The van der Waals surface area contributed by atoms with Gasteiger partial charge >= 0.3 is 0 Å². The Morgan fingerprint density at radius 3 is 2.44 bits per heavy atom. The summed E-state index contributed by atoms with van der Waals surface area (Å²) in [6.45, 7) is 1.78. The number of hydrogen-bond acceptors (Lipinski definition) is 1. The molecular weight excluding hydrogens is 317 g/mol. The molecule has 2 aromatic carbocycles. The quantitative estimate of drug-likeness (QED) is 0.865. The minimum atomic E-state index is -0.922. The van der Waals surface area contributed by atoms with Crippen molar-refractivity contribution in [3.8, 4) is 0 Å². The summed E-state index contributed by atoms with van der Waals surface area (Å²) >= 11 is 9.19. The van der Waals surface area contributed by atoms with E-state index in [2.05, 4.69) is 15.9 Å². The molecule has 0 saturated heterocycles. The predicted octanol–water partition coefficient (Wildman–Crippen LogP) is 4.46. The van der Waals surface area contributed by atoms with Crippen molar-refractivity contribution in [3.63, 3.8) is 0 Å². The molecule has 0 aromatic heterocycles. The van der Waals surface area contributed by atoms with E-state index in [4.69, 9.17) is 17.3 Å². The maximum Gasteiger partial charge on any atom is 0.130 e. The highest BCUT2D eigenvalue weighted by Crippen LogP contribution is 2.33. The summed E-state index contributed by atoms with van der Waals surface area (Å²) in [6, 6.07) is 12.1. The zero-order valence-corrected chi connectivity index (χ0v) is 12.1. The lowest BCUT2D eigenvalue weighted by molar-refractivity contribution is 0.529. The smallest absolute Gasteiger partial charge is 0.130 e. The summed E-state index contributed by atoms with van der Waals surface area (Å²) < 4.78 is 14.8. The van der Waals surface area contributed by atoms with Crippen LogP contribution in [0.5, 0.6) is 0 Å². The van der Waals surface area contributed by atoms with Gasteiger partial charge in [0.15, 0.2) is 0 Å². The van der Waals surface area contributed by atoms with E-state index in [-0.39, 0.29) is 0 Å². The first-order chi connectivity index (χ1) is 8.43. The van der Waals surface area contributed by atoms with Crippen LogP contribution in [0.15, 0.2) is 46.9 Å². The summed E-state index contributed by atoms with van der Waals surface area (Å²) in [6.07, 6.45) is 0. The predicted molar refractivity (Wildman–Crippen MR) is 76.2 cm³/mol. The third-order valence-corrected chi connectivity index (χ3v) is 3.85. The van der Waals surface area contributed by atoms with Crippen molar-refractivity contribution in [1.82, 2.24) is 0 Å². The Labute approximate surface area is 119 Å². The van der Waals surface area contributed by atoms with Gasteiger partial charge in [0.2, 0.25) is 0 Å². The molecule has 0 radical (unpaired) electrons. The second kappa shape index (κ2) is 5.00. The molecule has 0 spiro atoms. The molecular formula is C14H12BrClFN. The first-order valence-corrected chi connectivity index (χ1v) is 6.59. The van der Waals surface area contributed by atoms with E-state index in [0.717, 1.165) is 10.0 Å². The summed E-state index contributed by atoms with van der Waals surface area (Å²) in [4.78, 5) is 0. The highest BCUT2D eigenvalue weighted by Gasteiger charge is 2.28. The van der Waals surface area contributed by atoms with Gasteiger partial charge in [-0.15, -0.1) is 0 Å². The van der Waals surface area contributed by atoms with Crippen LogP contribution in [-0.4, -0.2) is 0 Å². The second-order valence-corrected chi connectivity index (χ2v) is 5.60. The molecule has 2 N–H and O–H groups in total. The third kappa shape index (κ3) is 2.44. The number of benzene rings is 2. The zero-order chi connectivity index (χ0) is 13.3. The molecule has 1 nitrogen and oxygen atoms in total. The maximum atomic E-state index is 14.0. The summed E-state index contributed by atoms with van der Waals surface area (Å²) in [7, 11) is 0. The van der Waals surface area contributed by atoms with E-state index >= 15 is 0 Å². The van der Waals surface area contributed by atoms with Gasteiger partial charge in [-0.3, -0.25) is 0 Å². The van der Waals surface area contributed by atoms with Crippen molar-refractivity contribution >= 4 is 27.5 Å². The molecule has 1 unspecified atom stereocenters. The van der Waals surface area contributed by atoms with E-state index in [0.29, 0.717) is 10.6 Å². The van der Waals surface area contributed by atoms with Crippen molar-refractivity contribution < 1.29 is 4.39 Å². The molecule has 94 valence electrons. The number of halogens is 3. The highest BCUT2D eigenvalue weighted by atomic mass is 79.9. The molecule has 0 fully saturated rings. The van der Waals surface area contributed by atoms with Crippen molar-refractivity contribution in [2.24, 2.45) is 5.73 Å². The monoisotopic (exact) mass is 327 g/mol. The van der Waals surface area contributed by atoms with Crippen LogP contribution in [-0.2, 0) is 5.54 Å². The van der Waals surface area contributed by atoms with Crippen LogP contribution in [0.4, 0.5) is 4.39 Å². The maximum absolute atomic E-state index is 14.0. The van der Waals surface area contributed by atoms with E-state index in [1.807, 2.05) is 24.3 Å². The first-order valence-electron chi connectivity index (χ1n) is 5.42. The number of rotatable bonds is 2. The Balaban J connectivity index is 2.58. The van der Waals surface area contributed by atoms with Gasteiger partial charge < -0.3 is 5.73 Å². The normalized spacial score (nSPS) is 14.3. The first kappa shape index (κ1) is 13.5. The fraction of sp³-hybridized carbons (Fsp3) is 0.143. The average molecular weight is 329 g/mol. The van der Waals surface area contributed by atoms with Crippen LogP contribution in [0.1, 0.15) is 18.1 Å². The molecule has 0 bridgehead atoms. The Kier molecular flexibility index (Phi) is 3.76. The van der Waals surface area contributed by atoms with Crippen molar-refractivity contribution in [1.29, 1.82) is 0 Å². The topological polar surface area (TPSA) is 26.0 Å². The van der Waals surface area contributed by atoms with Crippen molar-refractivity contribution in [2.75, 3.05) is 0 Å². The molecule has 0 aliphatic heterocycles. The van der Waals surface area contributed by atoms with Gasteiger partial charge in [-0.25, -0.2) is 4.39 Å². The van der Waals surface area contributed by atoms with E-state index < -0.39 is 11.4 Å². The molecule has 2 aromatic rings. The molecule has 0 aliphatic rings. The Morgan fingerprint density at radius 2 is 1.83 bits per heavy atom. The lowest BCUT2D eigenvalue weighted by Crippen LogP contribution is -2.35. The van der Waals surface area contributed by atoms with Gasteiger partial charge in [-0.05, 0) is 30.7 Å². The molecule has 0 aliphatic carbocycles. The van der Waals surface area contributed by atoms with Gasteiger partial charge in [0.1, 0.15) is 5.82 Å². The van der Waals surface area contributed by atoms with Gasteiger partial charge in [0.05, 0.1) is 5.54 Å². The molecule has 2 rings (SSSR count). The van der Waals surface area contributed by atoms with Crippen LogP contribution in [0.25, 0.3) is 0 Å². The lowest BCUT2D eigenvalue weighted by Gasteiger charge is -2.27. The van der Waals surface area contributed by atoms with Crippen LogP contribution >= 0.6 is 27.5 Å². The van der Waals surface area contributed by atoms with Crippen LogP contribution in [0.3, 0.4) is 0 Å². The molecule has 0 amide bonds. The van der Waals surface area contributed by atoms with Gasteiger partial charge in [-0.1, -0.05) is 51.8 Å². The Morgan fingerprint density at radius 1 is 1.17 bits per heavy atom. The number of hydrogen-bond donors (Lipinski definition) is 1. The largest absolute Gasteiger partial charge is 0.318 e. The third-order valence-electron chi connectivity index (χ3n) is 2.92. The Hall–Kier alpha value is -0.900. The van der Waals surface area contributed by atoms with E-state index in [1.54, 1.807) is 19.1 Å². The fourth-order valence-corrected chi connectivity index (χ4v) is 2.79. The highest BCUT2D eigenvalue weighted by molar-refractivity contribution is 9.10. The molecule has 1 atom stereocenters. The second-order valence-electron chi connectivity index (χ2n) is 4.31. The van der Waals surface area contributed by atoms with Gasteiger partial charge in [-0.2, -0.15) is 0 Å². The average Bonchev–Trinajstić information content (AvgIpc) is 2.28. The lowest BCUT2D eigenvalue weighted by atomic mass is 9.85. The van der Waals surface area contributed by atoms with E-state index in [9.17, 15) is 4.39 Å². The van der Waals surface area contributed by atoms with Crippen LogP contribution in [0.2, 0.25) is 5.02 Å². The molecule has 4 heteroatoms. The summed E-state index contributed by atoms with van der Waals surface area (Å²) in [5, 5.41) is 0.360. The Bertz CT molecular complexity index is 584. The molecule has 0 heterocycles. The van der Waals surface area contributed by atoms with Gasteiger partial charge in [0.25, 0.3) is 0 Å². The minimum absolute atomic E-state index is 0.360. The number of nitrogens with two attached hydrogens (primary N) is 1. The summed E-state index contributed by atoms with van der Waals surface area (Å²) in [5.41, 5.74) is 6.62. The minimum Gasteiger partial charge on any atom is -0.318 e. The van der Waals surface area contributed by atoms with Crippen molar-refractivity contribution in [2.45, 2.75) is 12.5 Å². The van der Waals surface area contributed by atoms with Crippen LogP contribution in [0, 0.1) is 5.82 Å². The summed E-state index contributed by atoms with van der Waals surface area (Å²) in [5.74, 6) is -0.400. The molecule has 0 saturated carbocycles. The standard InChI is InChI=1S/C14H12BrClFN/c1-14(18,10-4-2-3-5-12(10)15)11-7-6-9(16)8-13(11)17/h2-8H,18H2,1H3. The van der Waals surface area contributed by atoms with E-state index in [1.165, 1.54) is 6.07 Å². The van der Waals surface area contributed by atoms with Gasteiger partial charge in [0, 0.05) is 15.1 Å². The van der Waals surface area contributed by atoms with Crippen LogP contribution < -0.4 is 5.73 Å². The zero-order valence-electron chi connectivity index (χ0n) is 9.75.